The number of nitrogens with zero attached hydrogens (tertiary/aromatic N) is 1. The monoisotopic (exact) mass is 145 g/mol. The van der Waals surface area contributed by atoms with Gasteiger partial charge in [-0.25, -0.2) is 0 Å². The summed E-state index contributed by atoms with van der Waals surface area (Å²) in [6, 6.07) is 3.60. The average molecular weight is 145 g/mol. The first-order valence-electron chi connectivity index (χ1n) is 3.53. The molecule has 1 aliphatic rings. The number of carbonyl (C=O) groups excluding carboxylic acids is 1. The molecule has 0 saturated carbocycles. The van der Waals surface area contributed by atoms with Crippen LogP contribution < -0.4 is 0 Å². The van der Waals surface area contributed by atoms with Gasteiger partial charge in [0.1, 0.15) is 0 Å². The van der Waals surface area contributed by atoms with Crippen molar-refractivity contribution in [3.05, 3.63) is 41.7 Å². The normalized spacial score (nSPS) is 14.7. The van der Waals surface area contributed by atoms with Crippen molar-refractivity contribution < 1.29 is 4.79 Å². The summed E-state index contributed by atoms with van der Waals surface area (Å²) in [5, 5.41) is 0. The molecule has 0 amide bonds. The van der Waals surface area contributed by atoms with E-state index in [0.717, 1.165) is 17.7 Å². The quantitative estimate of drug-likeness (QED) is 0.552. The lowest BCUT2D eigenvalue weighted by Crippen LogP contribution is -2.06. The van der Waals surface area contributed by atoms with Gasteiger partial charge in [-0.15, -0.1) is 0 Å². The van der Waals surface area contributed by atoms with Crippen molar-refractivity contribution in [1.29, 1.82) is 0 Å². The van der Waals surface area contributed by atoms with Crippen molar-refractivity contribution >= 4 is 5.78 Å². The molecule has 0 unspecified atom stereocenters. The van der Waals surface area contributed by atoms with E-state index in [2.05, 4.69) is 4.98 Å². The van der Waals surface area contributed by atoms with Crippen LogP contribution in [0.25, 0.3) is 0 Å². The molecule has 1 aromatic heterocycles. The van der Waals surface area contributed by atoms with Gasteiger partial charge in [-0.3, -0.25) is 9.78 Å². The third-order valence-corrected chi connectivity index (χ3v) is 1.74. The third-order valence-electron chi connectivity index (χ3n) is 1.74. The summed E-state index contributed by atoms with van der Waals surface area (Å²) < 4.78 is 0. The second-order valence-corrected chi connectivity index (χ2v) is 2.47. The molecule has 2 rings (SSSR count). The molecule has 0 aliphatic heterocycles. The molecule has 1 aliphatic carbocycles. The number of aromatic nitrogens is 1. The van der Waals surface area contributed by atoms with Crippen LogP contribution in [0.4, 0.5) is 0 Å². The van der Waals surface area contributed by atoms with Crippen LogP contribution in [0, 0.1) is 0 Å². The molecule has 0 spiro atoms. The molecule has 11 heavy (non-hydrogen) atoms. The second kappa shape index (κ2) is 2.31. The van der Waals surface area contributed by atoms with E-state index in [1.165, 1.54) is 0 Å². The minimum atomic E-state index is 0.0688. The fraction of sp³-hybridized carbons (Fsp3) is 0.111. The van der Waals surface area contributed by atoms with Crippen LogP contribution >= 0.6 is 0 Å². The Balaban J connectivity index is 2.59. The number of pyridine rings is 1. The Morgan fingerprint density at radius 2 is 2.36 bits per heavy atom. The highest BCUT2D eigenvalue weighted by Crippen LogP contribution is 2.12. The number of rotatable bonds is 0. The molecule has 2 heteroatoms. The average Bonchev–Trinajstić information content (AvgIpc) is 2.06. The van der Waals surface area contributed by atoms with Crippen LogP contribution in [0.5, 0.6) is 0 Å². The molecular formula is C9H7NO. The zero-order chi connectivity index (χ0) is 7.68. The van der Waals surface area contributed by atoms with E-state index in [0.29, 0.717) is 0 Å². The lowest BCUT2D eigenvalue weighted by molar-refractivity contribution is 0.104. The van der Waals surface area contributed by atoms with E-state index in [4.69, 9.17) is 0 Å². The van der Waals surface area contributed by atoms with Gasteiger partial charge < -0.3 is 0 Å². The predicted octanol–water partition coefficient (Wildman–Crippen LogP) is 1.38. The Labute approximate surface area is 64.6 Å². The molecular weight excluding hydrogens is 138 g/mol. The van der Waals surface area contributed by atoms with Gasteiger partial charge >= 0.3 is 0 Å². The van der Waals surface area contributed by atoms with Gasteiger partial charge in [-0.1, -0.05) is 6.08 Å². The number of hydrogen-bond donors (Lipinski definition) is 0. The highest BCUT2D eigenvalue weighted by Gasteiger charge is 2.11. The number of fused-ring (bicyclic) bond motifs is 1. The summed E-state index contributed by atoms with van der Waals surface area (Å²) in [4.78, 5) is 15.3. The summed E-state index contributed by atoms with van der Waals surface area (Å²) >= 11 is 0. The largest absolute Gasteiger partial charge is 0.289 e. The van der Waals surface area contributed by atoms with Crippen molar-refractivity contribution in [1.82, 2.24) is 4.98 Å². The maximum atomic E-state index is 11.2. The van der Waals surface area contributed by atoms with Crippen molar-refractivity contribution in [2.45, 2.75) is 6.42 Å². The van der Waals surface area contributed by atoms with Gasteiger partial charge in [0.2, 0.25) is 0 Å². The van der Waals surface area contributed by atoms with Gasteiger partial charge in [-0.2, -0.15) is 0 Å². The molecule has 0 bridgehead atoms. The maximum absolute atomic E-state index is 11.2. The van der Waals surface area contributed by atoms with E-state index < -0.39 is 0 Å². The zero-order valence-electron chi connectivity index (χ0n) is 5.95. The van der Waals surface area contributed by atoms with Crippen molar-refractivity contribution in [3.63, 3.8) is 0 Å². The lowest BCUT2D eigenvalue weighted by Gasteiger charge is -2.06. The van der Waals surface area contributed by atoms with Crippen LogP contribution in [0.1, 0.15) is 16.1 Å². The van der Waals surface area contributed by atoms with E-state index in [9.17, 15) is 4.79 Å². The standard InChI is InChI=1S/C9H7NO/c11-9-5-1-4-8-7(9)3-2-6-10-8/h1-3,5-6H,4H2. The first kappa shape index (κ1) is 6.28. The number of allylic oxidation sites excluding steroid dienone is 2. The molecule has 0 saturated heterocycles. The minimum absolute atomic E-state index is 0.0688. The van der Waals surface area contributed by atoms with Crippen molar-refractivity contribution in [2.75, 3.05) is 0 Å². The molecule has 0 fully saturated rings. The van der Waals surface area contributed by atoms with E-state index in [1.807, 2.05) is 12.1 Å². The molecule has 1 aromatic rings. The highest BCUT2D eigenvalue weighted by molar-refractivity contribution is 6.06. The Hall–Kier alpha value is -1.44. The first-order valence-corrected chi connectivity index (χ1v) is 3.53. The molecule has 2 nitrogen and oxygen atoms in total. The molecule has 0 atom stereocenters. The summed E-state index contributed by atoms with van der Waals surface area (Å²) in [6.45, 7) is 0. The zero-order valence-corrected chi connectivity index (χ0v) is 5.95. The molecule has 0 N–H and O–H groups in total. The smallest absolute Gasteiger partial charge is 0.187 e. The van der Waals surface area contributed by atoms with E-state index in [1.54, 1.807) is 18.3 Å². The predicted molar refractivity (Wildman–Crippen MR) is 41.4 cm³/mol. The second-order valence-electron chi connectivity index (χ2n) is 2.47. The van der Waals surface area contributed by atoms with Gasteiger partial charge in [0, 0.05) is 18.2 Å². The maximum Gasteiger partial charge on any atom is 0.187 e. The Kier molecular flexibility index (Phi) is 1.32. The summed E-state index contributed by atoms with van der Waals surface area (Å²) in [6.07, 6.45) is 5.94. The van der Waals surface area contributed by atoms with Crippen molar-refractivity contribution in [2.24, 2.45) is 0 Å². The van der Waals surface area contributed by atoms with Crippen LogP contribution in [0.2, 0.25) is 0 Å². The molecule has 0 aromatic carbocycles. The fourth-order valence-electron chi connectivity index (χ4n) is 1.19. The third kappa shape index (κ3) is 0.963. The van der Waals surface area contributed by atoms with E-state index in [-0.39, 0.29) is 5.78 Å². The summed E-state index contributed by atoms with van der Waals surface area (Å²) in [5.41, 5.74) is 1.63. The summed E-state index contributed by atoms with van der Waals surface area (Å²) in [7, 11) is 0. The van der Waals surface area contributed by atoms with Crippen LogP contribution in [0.3, 0.4) is 0 Å². The summed E-state index contributed by atoms with van der Waals surface area (Å²) in [5.74, 6) is 0.0688. The molecule has 1 heterocycles. The van der Waals surface area contributed by atoms with Gasteiger partial charge in [0.15, 0.2) is 5.78 Å². The van der Waals surface area contributed by atoms with Crippen LogP contribution in [-0.4, -0.2) is 10.8 Å². The van der Waals surface area contributed by atoms with Crippen LogP contribution in [-0.2, 0) is 6.42 Å². The lowest BCUT2D eigenvalue weighted by atomic mass is 10.0. The van der Waals surface area contributed by atoms with Gasteiger partial charge in [0.25, 0.3) is 0 Å². The fourth-order valence-corrected chi connectivity index (χ4v) is 1.19. The number of ketones is 1. The molecule has 54 valence electrons. The molecule has 0 radical (unpaired) electrons. The van der Waals surface area contributed by atoms with Gasteiger partial charge in [-0.05, 0) is 18.2 Å². The van der Waals surface area contributed by atoms with Crippen LogP contribution in [0.15, 0.2) is 30.5 Å². The highest BCUT2D eigenvalue weighted by atomic mass is 16.1. The Bertz CT molecular complexity index is 328. The minimum Gasteiger partial charge on any atom is -0.289 e. The SMILES string of the molecule is O=C1C=CCc2ncccc21. The van der Waals surface area contributed by atoms with Crippen molar-refractivity contribution in [3.8, 4) is 0 Å². The first-order chi connectivity index (χ1) is 5.38. The Morgan fingerprint density at radius 3 is 3.18 bits per heavy atom. The number of carbonyl (C=O) groups is 1. The van der Waals surface area contributed by atoms with Gasteiger partial charge in [0.05, 0.1) is 5.69 Å². The topological polar surface area (TPSA) is 30.0 Å². The number of hydrogen-bond acceptors (Lipinski definition) is 2. The Morgan fingerprint density at radius 1 is 1.45 bits per heavy atom. The van der Waals surface area contributed by atoms with E-state index >= 15 is 0 Å².